The Balaban J connectivity index is 1.45. The summed E-state index contributed by atoms with van der Waals surface area (Å²) in [5, 5.41) is 0. The highest BCUT2D eigenvalue weighted by molar-refractivity contribution is 5.96. The third-order valence-electron chi connectivity index (χ3n) is 4.47. The predicted octanol–water partition coefficient (Wildman–Crippen LogP) is 1.02. The summed E-state index contributed by atoms with van der Waals surface area (Å²) in [5.74, 6) is -2.04. The lowest BCUT2D eigenvalue weighted by molar-refractivity contribution is -0.158. The number of esters is 1. The van der Waals surface area contributed by atoms with E-state index >= 15 is 0 Å². The number of likely N-dealkylation sites (tertiary alicyclic amines) is 1. The maximum absolute atomic E-state index is 12.3. The fourth-order valence-electron chi connectivity index (χ4n) is 2.88. The number of nitrogens with zero attached hydrogens (tertiary/aromatic N) is 1. The number of hydrogen-bond donors (Lipinski definition) is 2. The van der Waals surface area contributed by atoms with Crippen LogP contribution in [-0.4, -0.2) is 41.2 Å². The third kappa shape index (κ3) is 5.22. The SMILES string of the molecule is C[C@H](OC(=O)[C@@H]1CC(=O)N(Cc2ccco2)C1)C(=O)NNC(=O)c1ccccc1. The molecule has 9 heteroatoms. The Hall–Kier alpha value is -3.62. The number of furan rings is 1. The van der Waals surface area contributed by atoms with Gasteiger partial charge in [-0.05, 0) is 31.2 Å². The number of benzene rings is 1. The van der Waals surface area contributed by atoms with Gasteiger partial charge in [0, 0.05) is 18.5 Å². The molecule has 1 fully saturated rings. The molecule has 0 saturated carbocycles. The molecule has 3 amide bonds. The molecule has 0 unspecified atom stereocenters. The molecular formula is C20H21N3O6. The normalized spacial score (nSPS) is 16.9. The van der Waals surface area contributed by atoms with Gasteiger partial charge in [0.15, 0.2) is 6.10 Å². The van der Waals surface area contributed by atoms with Gasteiger partial charge in [0.05, 0.1) is 18.7 Å². The van der Waals surface area contributed by atoms with E-state index in [4.69, 9.17) is 9.15 Å². The quantitative estimate of drug-likeness (QED) is 0.553. The van der Waals surface area contributed by atoms with Crippen molar-refractivity contribution in [2.45, 2.75) is 26.0 Å². The molecule has 0 spiro atoms. The zero-order valence-corrected chi connectivity index (χ0v) is 15.8. The minimum absolute atomic E-state index is 0.0125. The third-order valence-corrected chi connectivity index (χ3v) is 4.47. The van der Waals surface area contributed by atoms with Crippen molar-refractivity contribution in [3.05, 3.63) is 60.1 Å². The van der Waals surface area contributed by atoms with Crippen molar-refractivity contribution in [2.75, 3.05) is 6.54 Å². The van der Waals surface area contributed by atoms with Crippen LogP contribution in [0.15, 0.2) is 53.1 Å². The molecule has 3 rings (SSSR count). The number of rotatable bonds is 6. The Kier molecular flexibility index (Phi) is 6.28. The lowest BCUT2D eigenvalue weighted by Gasteiger charge is -2.17. The molecule has 1 aromatic carbocycles. The number of hydrogen-bond acceptors (Lipinski definition) is 6. The molecule has 1 aromatic heterocycles. The van der Waals surface area contributed by atoms with Crippen LogP contribution in [0.5, 0.6) is 0 Å². The molecular weight excluding hydrogens is 378 g/mol. The Labute approximate surface area is 167 Å². The molecule has 9 nitrogen and oxygen atoms in total. The van der Waals surface area contributed by atoms with Crippen molar-refractivity contribution in [1.29, 1.82) is 0 Å². The smallest absolute Gasteiger partial charge is 0.312 e. The van der Waals surface area contributed by atoms with Crippen LogP contribution in [0, 0.1) is 5.92 Å². The molecule has 0 bridgehead atoms. The molecule has 29 heavy (non-hydrogen) atoms. The summed E-state index contributed by atoms with van der Waals surface area (Å²) < 4.78 is 10.4. The average Bonchev–Trinajstić information content (AvgIpc) is 3.36. The predicted molar refractivity (Wildman–Crippen MR) is 99.8 cm³/mol. The minimum Gasteiger partial charge on any atom is -0.467 e. The Bertz CT molecular complexity index is 881. The molecule has 152 valence electrons. The molecule has 0 radical (unpaired) electrons. The number of carbonyl (C=O) groups is 4. The molecule has 1 saturated heterocycles. The van der Waals surface area contributed by atoms with E-state index in [0.717, 1.165) is 0 Å². The van der Waals surface area contributed by atoms with E-state index in [9.17, 15) is 19.2 Å². The van der Waals surface area contributed by atoms with Crippen LogP contribution >= 0.6 is 0 Å². The second-order valence-corrected chi connectivity index (χ2v) is 6.64. The van der Waals surface area contributed by atoms with Crippen LogP contribution in [0.25, 0.3) is 0 Å². The van der Waals surface area contributed by atoms with Crippen LogP contribution < -0.4 is 10.9 Å². The van der Waals surface area contributed by atoms with Gasteiger partial charge in [0.25, 0.3) is 11.8 Å². The van der Waals surface area contributed by atoms with Crippen molar-refractivity contribution >= 4 is 23.7 Å². The van der Waals surface area contributed by atoms with Crippen molar-refractivity contribution in [3.63, 3.8) is 0 Å². The topological polar surface area (TPSA) is 118 Å². The standard InChI is InChI=1S/C20H21N3O6/c1-13(18(25)21-22-19(26)14-6-3-2-4-7-14)29-20(27)15-10-17(24)23(11-15)12-16-8-5-9-28-16/h2-9,13,15H,10-12H2,1H3,(H,21,25)(H,22,26)/t13-,15+/m0/s1. The minimum atomic E-state index is -1.13. The van der Waals surface area contributed by atoms with E-state index in [1.54, 1.807) is 42.5 Å². The molecule has 2 aromatic rings. The van der Waals surface area contributed by atoms with E-state index < -0.39 is 29.8 Å². The van der Waals surface area contributed by atoms with E-state index in [1.807, 2.05) is 0 Å². The highest BCUT2D eigenvalue weighted by Gasteiger charge is 2.36. The first-order valence-corrected chi connectivity index (χ1v) is 9.10. The monoisotopic (exact) mass is 399 g/mol. The summed E-state index contributed by atoms with van der Waals surface area (Å²) in [6.07, 6.45) is 0.393. The molecule has 2 N–H and O–H groups in total. The lowest BCUT2D eigenvalue weighted by Crippen LogP contribution is -2.47. The van der Waals surface area contributed by atoms with Gasteiger partial charge in [-0.25, -0.2) is 0 Å². The molecule has 2 heterocycles. The van der Waals surface area contributed by atoms with Gasteiger partial charge in [-0.3, -0.25) is 30.0 Å². The molecule has 1 aliphatic heterocycles. The van der Waals surface area contributed by atoms with Crippen molar-refractivity contribution in [1.82, 2.24) is 15.8 Å². The van der Waals surface area contributed by atoms with Gasteiger partial charge in [-0.1, -0.05) is 18.2 Å². The highest BCUT2D eigenvalue weighted by Crippen LogP contribution is 2.22. The summed E-state index contributed by atoms with van der Waals surface area (Å²) in [6.45, 7) is 1.86. The van der Waals surface area contributed by atoms with Crippen LogP contribution in [0.4, 0.5) is 0 Å². The van der Waals surface area contributed by atoms with Crippen LogP contribution in [0.3, 0.4) is 0 Å². The first-order chi connectivity index (χ1) is 13.9. The van der Waals surface area contributed by atoms with Crippen molar-refractivity contribution < 1.29 is 28.3 Å². The Morgan fingerprint density at radius 2 is 1.93 bits per heavy atom. The van der Waals surface area contributed by atoms with E-state index in [-0.39, 0.29) is 25.4 Å². The Morgan fingerprint density at radius 1 is 1.17 bits per heavy atom. The molecule has 2 atom stereocenters. The fourth-order valence-corrected chi connectivity index (χ4v) is 2.88. The zero-order valence-electron chi connectivity index (χ0n) is 15.8. The first-order valence-electron chi connectivity index (χ1n) is 9.10. The zero-order chi connectivity index (χ0) is 20.8. The first kappa shape index (κ1) is 20.1. The van der Waals surface area contributed by atoms with E-state index in [1.165, 1.54) is 18.1 Å². The summed E-state index contributed by atoms with van der Waals surface area (Å²) in [6, 6.07) is 11.8. The second-order valence-electron chi connectivity index (χ2n) is 6.64. The van der Waals surface area contributed by atoms with Gasteiger partial charge in [0.2, 0.25) is 5.91 Å². The van der Waals surface area contributed by atoms with Crippen molar-refractivity contribution in [3.8, 4) is 0 Å². The summed E-state index contributed by atoms with van der Waals surface area (Å²) >= 11 is 0. The van der Waals surface area contributed by atoms with Crippen LogP contribution in [0.1, 0.15) is 29.5 Å². The lowest BCUT2D eigenvalue weighted by atomic mass is 10.1. The number of amides is 3. The maximum Gasteiger partial charge on any atom is 0.312 e. The second kappa shape index (κ2) is 9.05. The van der Waals surface area contributed by atoms with Crippen molar-refractivity contribution in [2.24, 2.45) is 5.92 Å². The van der Waals surface area contributed by atoms with Gasteiger partial charge in [0.1, 0.15) is 5.76 Å². The van der Waals surface area contributed by atoms with Gasteiger partial charge in [-0.15, -0.1) is 0 Å². The largest absolute Gasteiger partial charge is 0.467 e. The van der Waals surface area contributed by atoms with E-state index in [0.29, 0.717) is 11.3 Å². The van der Waals surface area contributed by atoms with Gasteiger partial charge < -0.3 is 14.1 Å². The van der Waals surface area contributed by atoms with Crippen LogP contribution in [-0.2, 0) is 25.7 Å². The number of hydrazine groups is 1. The molecule has 0 aliphatic carbocycles. The van der Waals surface area contributed by atoms with E-state index in [2.05, 4.69) is 10.9 Å². The molecule has 1 aliphatic rings. The summed E-state index contributed by atoms with van der Waals surface area (Å²) in [5.41, 5.74) is 4.85. The summed E-state index contributed by atoms with van der Waals surface area (Å²) in [4.78, 5) is 49.9. The maximum atomic E-state index is 12.3. The fraction of sp³-hybridized carbons (Fsp3) is 0.300. The average molecular weight is 399 g/mol. The highest BCUT2D eigenvalue weighted by atomic mass is 16.5. The van der Waals surface area contributed by atoms with Gasteiger partial charge >= 0.3 is 5.97 Å². The Morgan fingerprint density at radius 3 is 2.62 bits per heavy atom. The summed E-state index contributed by atoms with van der Waals surface area (Å²) in [7, 11) is 0. The van der Waals surface area contributed by atoms with Crippen LogP contribution in [0.2, 0.25) is 0 Å². The number of carbonyl (C=O) groups excluding carboxylic acids is 4. The number of ether oxygens (including phenoxy) is 1. The van der Waals surface area contributed by atoms with Gasteiger partial charge in [-0.2, -0.15) is 0 Å². The number of nitrogens with one attached hydrogen (secondary N) is 2.